The molecule has 0 fully saturated rings. The summed E-state index contributed by atoms with van der Waals surface area (Å²) in [5.41, 5.74) is 2.60. The van der Waals surface area contributed by atoms with E-state index < -0.39 is 0 Å². The van der Waals surface area contributed by atoms with Gasteiger partial charge < -0.3 is 10.2 Å². The van der Waals surface area contributed by atoms with Crippen LogP contribution in [-0.4, -0.2) is 35.3 Å². The van der Waals surface area contributed by atoms with E-state index in [1.165, 1.54) is 0 Å². The average Bonchev–Trinajstić information content (AvgIpc) is 2.36. The van der Waals surface area contributed by atoms with Gasteiger partial charge in [0.1, 0.15) is 0 Å². The number of rotatable bonds is 1. The number of hydrogen-bond acceptors (Lipinski definition) is 3. The highest BCUT2D eigenvalue weighted by atomic mass is 16.2. The van der Waals surface area contributed by atoms with Gasteiger partial charge in [0.2, 0.25) is 5.91 Å². The zero-order valence-electron chi connectivity index (χ0n) is 9.99. The number of nitrogens with zero attached hydrogens (tertiary/aromatic N) is 2. The molecule has 0 aliphatic carbocycles. The molecule has 0 saturated carbocycles. The molecule has 5 nitrogen and oxygen atoms in total. The van der Waals surface area contributed by atoms with E-state index in [9.17, 15) is 9.59 Å². The Morgan fingerprint density at radius 3 is 2.82 bits per heavy atom. The zero-order chi connectivity index (χ0) is 12.4. The second-order valence-corrected chi connectivity index (χ2v) is 4.09. The van der Waals surface area contributed by atoms with Crippen LogP contribution in [0.15, 0.2) is 12.4 Å². The van der Waals surface area contributed by atoms with Crippen LogP contribution in [0.25, 0.3) is 0 Å². The van der Waals surface area contributed by atoms with Gasteiger partial charge in [0, 0.05) is 39.5 Å². The third-order valence-corrected chi connectivity index (χ3v) is 3.06. The topological polar surface area (TPSA) is 62.3 Å². The second kappa shape index (κ2) is 4.53. The Morgan fingerprint density at radius 1 is 1.41 bits per heavy atom. The lowest BCUT2D eigenvalue weighted by Gasteiger charge is -2.28. The van der Waals surface area contributed by atoms with E-state index in [0.29, 0.717) is 25.1 Å². The van der Waals surface area contributed by atoms with Crippen molar-refractivity contribution >= 4 is 11.8 Å². The fourth-order valence-electron chi connectivity index (χ4n) is 2.09. The lowest BCUT2D eigenvalue weighted by Crippen LogP contribution is -2.35. The quantitative estimate of drug-likeness (QED) is 0.761. The van der Waals surface area contributed by atoms with Crippen molar-refractivity contribution in [1.82, 2.24) is 15.2 Å². The Balaban J connectivity index is 2.35. The average molecular weight is 233 g/mol. The van der Waals surface area contributed by atoms with Crippen LogP contribution in [-0.2, 0) is 17.8 Å². The predicted octanol–water partition coefficient (Wildman–Crippen LogP) is 0.346. The first-order valence-electron chi connectivity index (χ1n) is 5.57. The smallest absolute Gasteiger partial charge is 0.252 e. The molecular weight excluding hydrogens is 218 g/mol. The Morgan fingerprint density at radius 2 is 2.18 bits per heavy atom. The molecule has 17 heavy (non-hydrogen) atoms. The largest absolute Gasteiger partial charge is 0.355 e. The molecular formula is C12H15N3O2. The molecule has 0 saturated heterocycles. The lowest BCUT2D eigenvalue weighted by atomic mass is 9.97. The van der Waals surface area contributed by atoms with Crippen LogP contribution in [0, 0.1) is 0 Å². The number of pyridine rings is 1. The van der Waals surface area contributed by atoms with Gasteiger partial charge in [0.15, 0.2) is 0 Å². The first kappa shape index (κ1) is 11.6. The maximum Gasteiger partial charge on any atom is 0.252 e. The molecule has 0 atom stereocenters. The van der Waals surface area contributed by atoms with Crippen LogP contribution in [0.3, 0.4) is 0 Å². The molecule has 1 N–H and O–H groups in total. The Labute approximate surface area is 99.8 Å². The number of amides is 2. The number of nitrogens with one attached hydrogen (secondary N) is 1. The van der Waals surface area contributed by atoms with Gasteiger partial charge in [0.25, 0.3) is 5.91 Å². The van der Waals surface area contributed by atoms with Crippen LogP contribution in [0.4, 0.5) is 0 Å². The van der Waals surface area contributed by atoms with Crippen molar-refractivity contribution < 1.29 is 9.59 Å². The lowest BCUT2D eigenvalue weighted by molar-refractivity contribution is -0.129. The highest BCUT2D eigenvalue weighted by molar-refractivity contribution is 5.95. The van der Waals surface area contributed by atoms with Crippen LogP contribution in [0.2, 0.25) is 0 Å². The van der Waals surface area contributed by atoms with E-state index in [1.54, 1.807) is 31.3 Å². The Kier molecular flexibility index (Phi) is 3.08. The molecule has 0 unspecified atom stereocenters. The summed E-state index contributed by atoms with van der Waals surface area (Å²) in [6.07, 6.45) is 4.03. The molecule has 1 aromatic rings. The van der Waals surface area contributed by atoms with Crippen molar-refractivity contribution in [3.05, 3.63) is 29.1 Å². The number of aromatic nitrogens is 1. The second-order valence-electron chi connectivity index (χ2n) is 4.09. The minimum atomic E-state index is -0.120. The summed E-state index contributed by atoms with van der Waals surface area (Å²) < 4.78 is 0. The van der Waals surface area contributed by atoms with Gasteiger partial charge in [-0.25, -0.2) is 0 Å². The summed E-state index contributed by atoms with van der Waals surface area (Å²) in [6, 6.07) is 0. The van der Waals surface area contributed by atoms with Gasteiger partial charge in [-0.2, -0.15) is 0 Å². The fraction of sp³-hybridized carbons (Fsp3) is 0.417. The molecule has 1 aliphatic heterocycles. The highest BCUT2D eigenvalue weighted by Crippen LogP contribution is 2.21. The third kappa shape index (κ3) is 2.13. The normalized spacial score (nSPS) is 14.1. The molecule has 2 amide bonds. The van der Waals surface area contributed by atoms with Crippen molar-refractivity contribution in [2.24, 2.45) is 0 Å². The summed E-state index contributed by atoms with van der Waals surface area (Å²) in [5.74, 6) is -0.0633. The summed E-state index contributed by atoms with van der Waals surface area (Å²) in [6.45, 7) is 2.76. The van der Waals surface area contributed by atoms with Gasteiger partial charge in [0.05, 0.1) is 5.56 Å². The molecule has 2 heterocycles. The fourth-order valence-corrected chi connectivity index (χ4v) is 2.09. The Bertz CT molecular complexity index is 471. The maximum absolute atomic E-state index is 11.7. The molecule has 1 aliphatic rings. The first-order chi connectivity index (χ1) is 8.13. The molecule has 0 radical (unpaired) electrons. The molecule has 5 heteroatoms. The number of carbonyl (C=O) groups is 2. The number of carbonyl (C=O) groups excluding carboxylic acids is 2. The zero-order valence-corrected chi connectivity index (χ0v) is 9.99. The van der Waals surface area contributed by atoms with Gasteiger partial charge in [-0.05, 0) is 17.5 Å². The van der Waals surface area contributed by atoms with E-state index in [0.717, 1.165) is 11.1 Å². The molecule has 0 bridgehead atoms. The van der Waals surface area contributed by atoms with E-state index in [1.807, 2.05) is 0 Å². The first-order valence-corrected chi connectivity index (χ1v) is 5.57. The summed E-state index contributed by atoms with van der Waals surface area (Å²) in [7, 11) is 1.60. The minimum Gasteiger partial charge on any atom is -0.355 e. The minimum absolute atomic E-state index is 0.0565. The van der Waals surface area contributed by atoms with E-state index in [-0.39, 0.29) is 11.8 Å². The van der Waals surface area contributed by atoms with Gasteiger partial charge in [-0.1, -0.05) is 0 Å². The molecule has 0 spiro atoms. The van der Waals surface area contributed by atoms with Crippen molar-refractivity contribution in [2.45, 2.75) is 19.9 Å². The summed E-state index contributed by atoms with van der Waals surface area (Å²) >= 11 is 0. The summed E-state index contributed by atoms with van der Waals surface area (Å²) in [5, 5.41) is 2.61. The van der Waals surface area contributed by atoms with E-state index in [4.69, 9.17) is 0 Å². The van der Waals surface area contributed by atoms with E-state index >= 15 is 0 Å². The van der Waals surface area contributed by atoms with Crippen molar-refractivity contribution in [3.63, 3.8) is 0 Å². The SMILES string of the molecule is CNC(=O)c1cncc2c1CCN(C(C)=O)C2. The van der Waals surface area contributed by atoms with Gasteiger partial charge >= 0.3 is 0 Å². The number of hydrogen-bond donors (Lipinski definition) is 1. The van der Waals surface area contributed by atoms with Crippen LogP contribution >= 0.6 is 0 Å². The number of fused-ring (bicyclic) bond motifs is 1. The Hall–Kier alpha value is -1.91. The van der Waals surface area contributed by atoms with Gasteiger partial charge in [-0.15, -0.1) is 0 Å². The van der Waals surface area contributed by atoms with Crippen molar-refractivity contribution in [3.8, 4) is 0 Å². The summed E-state index contributed by atoms with van der Waals surface area (Å²) in [4.78, 5) is 28.8. The van der Waals surface area contributed by atoms with Crippen LogP contribution in [0.1, 0.15) is 28.4 Å². The van der Waals surface area contributed by atoms with Crippen molar-refractivity contribution in [1.29, 1.82) is 0 Å². The molecule has 2 rings (SSSR count). The molecule has 90 valence electrons. The van der Waals surface area contributed by atoms with Crippen LogP contribution in [0.5, 0.6) is 0 Å². The van der Waals surface area contributed by atoms with Crippen molar-refractivity contribution in [2.75, 3.05) is 13.6 Å². The molecule has 0 aromatic carbocycles. The van der Waals surface area contributed by atoms with Gasteiger partial charge in [-0.3, -0.25) is 14.6 Å². The highest BCUT2D eigenvalue weighted by Gasteiger charge is 2.22. The third-order valence-electron chi connectivity index (χ3n) is 3.06. The molecule has 1 aromatic heterocycles. The maximum atomic E-state index is 11.7. The monoisotopic (exact) mass is 233 g/mol. The standard InChI is InChI=1S/C12H15N3O2/c1-8(16)15-4-3-10-9(7-15)5-14-6-11(10)12(17)13-2/h5-6H,3-4,7H2,1-2H3,(H,13,17). The van der Waals surface area contributed by atoms with Crippen LogP contribution < -0.4 is 5.32 Å². The predicted molar refractivity (Wildman–Crippen MR) is 62.4 cm³/mol. The van der Waals surface area contributed by atoms with E-state index in [2.05, 4.69) is 10.3 Å².